The first-order valence-electron chi connectivity index (χ1n) is 14.2. The normalized spacial score (nSPS) is 16.4. The van der Waals surface area contributed by atoms with Crippen molar-refractivity contribution in [2.75, 3.05) is 6.61 Å². The molecule has 0 saturated heterocycles. The summed E-state index contributed by atoms with van der Waals surface area (Å²) in [5.74, 6) is 0.0949. The number of hydrogen-bond donors (Lipinski definition) is 1. The highest BCUT2D eigenvalue weighted by atomic mass is 28.4. The Kier molecular flexibility index (Phi) is 15.4. The summed E-state index contributed by atoms with van der Waals surface area (Å²) in [6.07, 6.45) is 5.26. The van der Waals surface area contributed by atoms with E-state index in [0.29, 0.717) is 33.2 Å². The lowest BCUT2D eigenvalue weighted by atomic mass is 9.92. The molecule has 0 aromatic rings. The third-order valence-corrected chi connectivity index (χ3v) is 20.9. The average Bonchev–Trinajstić information content (AvgIpc) is 2.71. The maximum atomic E-state index is 11.1. The van der Waals surface area contributed by atoms with E-state index < -0.39 is 16.6 Å². The van der Waals surface area contributed by atoms with E-state index in [1.165, 1.54) is 0 Å². The zero-order chi connectivity index (χ0) is 26.9. The van der Waals surface area contributed by atoms with E-state index in [4.69, 9.17) is 8.85 Å². The lowest BCUT2D eigenvalue weighted by molar-refractivity contribution is 0.0217. The summed E-state index contributed by atoms with van der Waals surface area (Å²) in [6.45, 7) is 35.0. The predicted octanol–water partition coefficient (Wildman–Crippen LogP) is 9.48. The summed E-state index contributed by atoms with van der Waals surface area (Å²) in [5.41, 5.74) is 3.45. The molecule has 0 fully saturated rings. The van der Waals surface area contributed by atoms with Crippen LogP contribution in [0, 0.1) is 5.92 Å². The molecule has 0 amide bonds. The number of hydrogen-bond acceptors (Lipinski definition) is 3. The molecule has 0 radical (unpaired) electrons. The van der Waals surface area contributed by atoms with Crippen LogP contribution < -0.4 is 0 Å². The molecule has 3 nitrogen and oxygen atoms in total. The Bertz CT molecular complexity index is 514. The molecule has 0 aromatic heterocycles. The van der Waals surface area contributed by atoms with Crippen molar-refractivity contribution in [3.63, 3.8) is 0 Å². The van der Waals surface area contributed by atoms with Crippen LogP contribution in [0.25, 0.3) is 0 Å². The third kappa shape index (κ3) is 8.29. The van der Waals surface area contributed by atoms with E-state index in [1.54, 1.807) is 0 Å². The van der Waals surface area contributed by atoms with E-state index in [2.05, 4.69) is 96.6 Å². The Morgan fingerprint density at radius 1 is 0.676 bits per heavy atom. The Morgan fingerprint density at radius 3 is 1.44 bits per heavy atom. The molecule has 34 heavy (non-hydrogen) atoms. The van der Waals surface area contributed by atoms with Crippen molar-refractivity contribution in [2.24, 2.45) is 5.92 Å². The summed E-state index contributed by atoms with van der Waals surface area (Å²) in [7, 11) is -3.81. The standard InChI is InChI=1S/C29H62O3Si2/c1-15-18-29(32-34(24(8)9,25(10)11)26(12)13)27(14)28(30)19-16-17-20-31-33(21(2)3,22(4)5)23(6)7/h15,21-30H,1,16-20H2,2-14H3/t27-,28+,29-/m0/s1. The molecule has 0 aliphatic heterocycles. The van der Waals surface area contributed by atoms with E-state index >= 15 is 0 Å². The molecule has 0 aromatic carbocycles. The zero-order valence-corrected chi connectivity index (χ0v) is 27.3. The van der Waals surface area contributed by atoms with E-state index in [1.807, 2.05) is 6.08 Å². The molecule has 0 bridgehead atoms. The SMILES string of the molecule is C=CC[C@H](O[Si](C(C)C)(C(C)C)C(C)C)[C@@H](C)[C@H](O)CCCCO[Si](C(C)C)(C(C)C)C(C)C. The summed E-state index contributed by atoms with van der Waals surface area (Å²) < 4.78 is 13.8. The molecule has 5 heteroatoms. The second kappa shape index (κ2) is 15.3. The van der Waals surface area contributed by atoms with Gasteiger partial charge in [-0.25, -0.2) is 0 Å². The largest absolute Gasteiger partial charge is 0.416 e. The van der Waals surface area contributed by atoms with Crippen molar-refractivity contribution >= 4 is 16.6 Å². The van der Waals surface area contributed by atoms with Crippen molar-refractivity contribution in [2.45, 2.75) is 161 Å². The molecule has 0 aliphatic rings. The minimum absolute atomic E-state index is 0.0329. The van der Waals surface area contributed by atoms with Gasteiger partial charge in [0, 0.05) is 12.5 Å². The summed E-state index contributed by atoms with van der Waals surface area (Å²) in [5, 5.41) is 11.1. The number of unbranched alkanes of at least 4 members (excludes halogenated alkanes) is 1. The molecular formula is C29H62O3Si2. The van der Waals surface area contributed by atoms with Gasteiger partial charge in [0.15, 0.2) is 8.32 Å². The van der Waals surface area contributed by atoms with E-state index in [0.717, 1.165) is 32.3 Å². The van der Waals surface area contributed by atoms with Gasteiger partial charge >= 0.3 is 0 Å². The lowest BCUT2D eigenvalue weighted by Gasteiger charge is -2.46. The van der Waals surface area contributed by atoms with Crippen molar-refractivity contribution in [1.82, 2.24) is 0 Å². The first kappa shape index (κ1) is 34.1. The molecular weight excluding hydrogens is 452 g/mol. The Hall–Kier alpha value is 0.0538. The predicted molar refractivity (Wildman–Crippen MR) is 157 cm³/mol. The lowest BCUT2D eigenvalue weighted by Crippen LogP contribution is -2.52. The van der Waals surface area contributed by atoms with Crippen molar-refractivity contribution < 1.29 is 14.0 Å². The van der Waals surface area contributed by atoms with Crippen LogP contribution in [0.2, 0.25) is 33.2 Å². The maximum Gasteiger partial charge on any atom is 0.200 e. The maximum absolute atomic E-state index is 11.1. The third-order valence-electron chi connectivity index (χ3n) is 8.61. The topological polar surface area (TPSA) is 38.7 Å². The minimum Gasteiger partial charge on any atom is -0.416 e. The Morgan fingerprint density at radius 2 is 1.09 bits per heavy atom. The fraction of sp³-hybridized carbons (Fsp3) is 0.931. The van der Waals surface area contributed by atoms with Gasteiger partial charge in [-0.1, -0.05) is 96.1 Å². The molecule has 0 saturated carbocycles. The summed E-state index contributed by atoms with van der Waals surface area (Å²) in [4.78, 5) is 0. The van der Waals surface area contributed by atoms with Gasteiger partial charge in [0.05, 0.1) is 12.2 Å². The number of rotatable bonds is 18. The monoisotopic (exact) mass is 514 g/mol. The molecule has 3 atom stereocenters. The molecule has 1 N–H and O–H groups in total. The van der Waals surface area contributed by atoms with Crippen LogP contribution in [0.4, 0.5) is 0 Å². The van der Waals surface area contributed by atoms with Crippen LogP contribution in [-0.2, 0) is 8.85 Å². The highest BCUT2D eigenvalue weighted by molar-refractivity contribution is 6.78. The van der Waals surface area contributed by atoms with Gasteiger partial charge in [-0.3, -0.25) is 0 Å². The second-order valence-corrected chi connectivity index (χ2v) is 23.5. The van der Waals surface area contributed by atoms with Gasteiger partial charge in [-0.05, 0) is 58.9 Å². The van der Waals surface area contributed by atoms with Gasteiger partial charge in [-0.15, -0.1) is 6.58 Å². The zero-order valence-electron chi connectivity index (χ0n) is 25.3. The Labute approximate surface area is 216 Å². The molecule has 0 aliphatic carbocycles. The quantitative estimate of drug-likeness (QED) is 0.112. The van der Waals surface area contributed by atoms with Crippen LogP contribution in [0.15, 0.2) is 12.7 Å². The van der Waals surface area contributed by atoms with Crippen molar-refractivity contribution in [3.05, 3.63) is 12.7 Å². The van der Waals surface area contributed by atoms with Crippen LogP contribution in [0.5, 0.6) is 0 Å². The van der Waals surface area contributed by atoms with Gasteiger partial charge in [0.25, 0.3) is 0 Å². The van der Waals surface area contributed by atoms with Crippen molar-refractivity contribution in [3.8, 4) is 0 Å². The van der Waals surface area contributed by atoms with Crippen LogP contribution in [0.3, 0.4) is 0 Å². The van der Waals surface area contributed by atoms with Gasteiger partial charge in [-0.2, -0.15) is 0 Å². The number of aliphatic hydroxyl groups is 1. The smallest absolute Gasteiger partial charge is 0.200 e. The van der Waals surface area contributed by atoms with Crippen LogP contribution >= 0.6 is 0 Å². The fourth-order valence-corrected chi connectivity index (χ4v) is 18.1. The van der Waals surface area contributed by atoms with Gasteiger partial charge < -0.3 is 14.0 Å². The van der Waals surface area contributed by atoms with Gasteiger partial charge in [0.2, 0.25) is 8.32 Å². The molecule has 0 heterocycles. The van der Waals surface area contributed by atoms with E-state index in [9.17, 15) is 5.11 Å². The molecule has 0 unspecified atom stereocenters. The summed E-state index contributed by atoms with van der Waals surface area (Å²) >= 11 is 0. The van der Waals surface area contributed by atoms with Gasteiger partial charge in [0.1, 0.15) is 0 Å². The first-order valence-corrected chi connectivity index (χ1v) is 18.5. The highest BCUT2D eigenvalue weighted by Crippen LogP contribution is 2.45. The van der Waals surface area contributed by atoms with Crippen molar-refractivity contribution in [1.29, 1.82) is 0 Å². The highest BCUT2D eigenvalue weighted by Gasteiger charge is 2.47. The molecule has 0 spiro atoms. The first-order chi connectivity index (χ1) is 15.6. The Balaban J connectivity index is 5.15. The van der Waals surface area contributed by atoms with Crippen LogP contribution in [-0.4, -0.2) is 40.6 Å². The molecule has 0 rings (SSSR count). The fourth-order valence-electron chi connectivity index (χ4n) is 6.92. The van der Waals surface area contributed by atoms with E-state index in [-0.39, 0.29) is 18.1 Å². The average molecular weight is 515 g/mol. The second-order valence-electron chi connectivity index (χ2n) is 12.6. The summed E-state index contributed by atoms with van der Waals surface area (Å²) in [6, 6.07) is 0. The number of aliphatic hydroxyl groups excluding tert-OH is 1. The minimum atomic E-state index is -2.01. The van der Waals surface area contributed by atoms with Crippen LogP contribution in [0.1, 0.15) is 116 Å². The molecule has 204 valence electrons.